The van der Waals surface area contributed by atoms with Crippen LogP contribution in [0.4, 0.5) is 0 Å². The van der Waals surface area contributed by atoms with Crippen LogP contribution in [-0.2, 0) is 9.63 Å². The molecule has 76 valence electrons. The molecule has 0 aromatic heterocycles. The lowest BCUT2D eigenvalue weighted by atomic mass is 9.98. The zero-order valence-electron chi connectivity index (χ0n) is 7.61. The molecule has 0 aliphatic carbocycles. The highest BCUT2D eigenvalue weighted by Crippen LogP contribution is 2.15. The lowest BCUT2D eigenvalue weighted by molar-refractivity contribution is -0.143. The van der Waals surface area contributed by atoms with Gasteiger partial charge in [0.05, 0.1) is 12.5 Å². The number of carbonyl (C=O) groups is 1. The monoisotopic (exact) mass is 188 g/mol. The zero-order chi connectivity index (χ0) is 9.68. The first-order valence-corrected chi connectivity index (χ1v) is 4.51. The maximum Gasteiger partial charge on any atom is 0.307 e. The highest BCUT2D eigenvalue weighted by molar-refractivity contribution is 5.70. The summed E-state index contributed by atoms with van der Waals surface area (Å²) in [5.74, 6) is 3.99. The van der Waals surface area contributed by atoms with E-state index in [9.17, 15) is 4.79 Å². The molecule has 0 radical (unpaired) electrons. The van der Waals surface area contributed by atoms with Crippen molar-refractivity contribution < 1.29 is 14.7 Å². The van der Waals surface area contributed by atoms with Crippen molar-refractivity contribution in [2.45, 2.75) is 12.8 Å². The van der Waals surface area contributed by atoms with Gasteiger partial charge in [0.15, 0.2) is 0 Å². The molecule has 5 heteroatoms. The molecule has 1 aliphatic rings. The summed E-state index contributed by atoms with van der Waals surface area (Å²) in [5.41, 5.74) is 0. The third kappa shape index (κ3) is 3.30. The zero-order valence-corrected chi connectivity index (χ0v) is 7.61. The molecular weight excluding hydrogens is 172 g/mol. The number of carboxylic acids is 1. The van der Waals surface area contributed by atoms with Crippen LogP contribution in [-0.4, -0.2) is 42.2 Å². The second kappa shape index (κ2) is 5.16. The van der Waals surface area contributed by atoms with Crippen molar-refractivity contribution in [3.05, 3.63) is 0 Å². The molecule has 0 spiro atoms. The summed E-state index contributed by atoms with van der Waals surface area (Å²) in [4.78, 5) is 17.2. The van der Waals surface area contributed by atoms with E-state index in [0.29, 0.717) is 13.2 Å². The minimum absolute atomic E-state index is 0.216. The van der Waals surface area contributed by atoms with Crippen molar-refractivity contribution in [1.29, 1.82) is 0 Å². The van der Waals surface area contributed by atoms with Gasteiger partial charge < -0.3 is 14.8 Å². The van der Waals surface area contributed by atoms with E-state index in [0.717, 1.165) is 25.9 Å². The average molecular weight is 188 g/mol. The summed E-state index contributed by atoms with van der Waals surface area (Å²) in [7, 11) is 0. The summed E-state index contributed by atoms with van der Waals surface area (Å²) >= 11 is 0. The molecule has 0 unspecified atom stereocenters. The van der Waals surface area contributed by atoms with Gasteiger partial charge in [-0.2, -0.15) is 0 Å². The first kappa shape index (κ1) is 10.4. The molecule has 13 heavy (non-hydrogen) atoms. The second-order valence-corrected chi connectivity index (χ2v) is 3.35. The Morgan fingerprint density at radius 2 is 2.46 bits per heavy atom. The number of hydrogen-bond acceptors (Lipinski definition) is 4. The van der Waals surface area contributed by atoms with Gasteiger partial charge in [0, 0.05) is 13.1 Å². The average Bonchev–Trinajstić information content (AvgIpc) is 2.15. The molecule has 1 rings (SSSR count). The highest BCUT2D eigenvalue weighted by atomic mass is 16.6. The van der Waals surface area contributed by atoms with E-state index in [1.165, 1.54) is 0 Å². The van der Waals surface area contributed by atoms with Gasteiger partial charge in [0.25, 0.3) is 0 Å². The number of hydrogen-bond donors (Lipinski definition) is 2. The topological polar surface area (TPSA) is 75.8 Å². The lowest BCUT2D eigenvalue weighted by Crippen LogP contribution is -2.40. The van der Waals surface area contributed by atoms with Crippen molar-refractivity contribution in [3.8, 4) is 0 Å². The summed E-state index contributed by atoms with van der Waals surface area (Å²) < 4.78 is 0. The second-order valence-electron chi connectivity index (χ2n) is 3.35. The third-order valence-electron chi connectivity index (χ3n) is 2.38. The largest absolute Gasteiger partial charge is 0.481 e. The van der Waals surface area contributed by atoms with Crippen LogP contribution in [0.2, 0.25) is 0 Å². The summed E-state index contributed by atoms with van der Waals surface area (Å²) in [6.07, 6.45) is 1.73. The maximum absolute atomic E-state index is 10.7. The molecule has 0 aromatic carbocycles. The van der Waals surface area contributed by atoms with Gasteiger partial charge in [0.2, 0.25) is 0 Å². The number of nitrogens with zero attached hydrogens (tertiary/aromatic N) is 1. The Kier molecular flexibility index (Phi) is 4.14. The van der Waals surface area contributed by atoms with Crippen LogP contribution in [0, 0.1) is 5.92 Å². The van der Waals surface area contributed by atoms with Crippen molar-refractivity contribution >= 4 is 5.97 Å². The Morgan fingerprint density at radius 3 is 3.08 bits per heavy atom. The summed E-state index contributed by atoms with van der Waals surface area (Å²) in [6, 6.07) is 0. The molecule has 1 fully saturated rings. The van der Waals surface area contributed by atoms with Gasteiger partial charge in [-0.05, 0) is 19.4 Å². The molecule has 5 nitrogen and oxygen atoms in total. The number of carboxylic acid groups (broad SMARTS) is 1. The number of aliphatic carboxylic acids is 1. The number of likely N-dealkylation sites (tertiary alicyclic amines) is 1. The van der Waals surface area contributed by atoms with Crippen LogP contribution in [0.15, 0.2) is 0 Å². The van der Waals surface area contributed by atoms with Gasteiger partial charge in [-0.15, -0.1) is 0 Å². The predicted octanol–water partition coefficient (Wildman–Crippen LogP) is -0.327. The first-order valence-electron chi connectivity index (χ1n) is 4.51. The van der Waals surface area contributed by atoms with E-state index < -0.39 is 5.97 Å². The molecule has 3 N–H and O–H groups in total. The van der Waals surface area contributed by atoms with Gasteiger partial charge in [-0.25, -0.2) is 5.90 Å². The Bertz CT molecular complexity index is 175. The Balaban J connectivity index is 2.29. The van der Waals surface area contributed by atoms with E-state index in [1.54, 1.807) is 0 Å². The van der Waals surface area contributed by atoms with Crippen LogP contribution >= 0.6 is 0 Å². The predicted molar refractivity (Wildman–Crippen MR) is 46.9 cm³/mol. The maximum atomic E-state index is 10.7. The third-order valence-corrected chi connectivity index (χ3v) is 2.38. The Morgan fingerprint density at radius 1 is 1.69 bits per heavy atom. The number of nitrogens with two attached hydrogens (primary N) is 1. The normalized spacial score (nSPS) is 24.5. The lowest BCUT2D eigenvalue weighted by Gasteiger charge is -2.30. The van der Waals surface area contributed by atoms with Crippen molar-refractivity contribution in [2.24, 2.45) is 11.8 Å². The molecular formula is C8H16N2O3. The van der Waals surface area contributed by atoms with Gasteiger partial charge in [-0.1, -0.05) is 0 Å². The first-order chi connectivity index (χ1) is 6.24. The summed E-state index contributed by atoms with van der Waals surface area (Å²) in [5, 5.41) is 8.80. The molecule has 0 aromatic rings. The Labute approximate surface area is 77.4 Å². The fourth-order valence-corrected chi connectivity index (χ4v) is 1.64. The van der Waals surface area contributed by atoms with Crippen molar-refractivity contribution in [3.63, 3.8) is 0 Å². The van der Waals surface area contributed by atoms with E-state index in [1.807, 2.05) is 0 Å². The fraction of sp³-hybridized carbons (Fsp3) is 0.875. The minimum Gasteiger partial charge on any atom is -0.481 e. The van der Waals surface area contributed by atoms with Crippen molar-refractivity contribution in [1.82, 2.24) is 4.90 Å². The molecule has 1 heterocycles. The van der Waals surface area contributed by atoms with Crippen LogP contribution in [0.25, 0.3) is 0 Å². The highest BCUT2D eigenvalue weighted by Gasteiger charge is 2.24. The fourth-order valence-electron chi connectivity index (χ4n) is 1.64. The molecule has 0 bridgehead atoms. The number of piperidine rings is 1. The Hall–Kier alpha value is -0.650. The quantitative estimate of drug-likeness (QED) is 0.591. The van der Waals surface area contributed by atoms with E-state index in [-0.39, 0.29) is 5.92 Å². The van der Waals surface area contributed by atoms with E-state index in [2.05, 4.69) is 9.74 Å². The van der Waals surface area contributed by atoms with Crippen LogP contribution in [0.3, 0.4) is 0 Å². The molecule has 0 amide bonds. The number of rotatable bonds is 4. The van der Waals surface area contributed by atoms with Crippen LogP contribution in [0.1, 0.15) is 12.8 Å². The standard InChI is InChI=1S/C8H16N2O3/c9-13-5-4-10-3-1-2-7(6-10)8(11)12/h7H,1-6,9H2,(H,11,12)/t7-/m1/s1. The van der Waals surface area contributed by atoms with Gasteiger partial charge in [0.1, 0.15) is 0 Å². The molecule has 1 saturated heterocycles. The van der Waals surface area contributed by atoms with Crippen LogP contribution < -0.4 is 5.90 Å². The van der Waals surface area contributed by atoms with E-state index >= 15 is 0 Å². The van der Waals surface area contributed by atoms with Gasteiger partial charge in [-0.3, -0.25) is 4.79 Å². The molecule has 1 aliphatic heterocycles. The molecule has 0 saturated carbocycles. The van der Waals surface area contributed by atoms with E-state index in [4.69, 9.17) is 11.0 Å². The minimum atomic E-state index is -0.696. The van der Waals surface area contributed by atoms with Crippen LogP contribution in [0.5, 0.6) is 0 Å². The molecule has 1 atom stereocenters. The summed E-state index contributed by atoms with van der Waals surface area (Å²) in [6.45, 7) is 2.76. The SMILES string of the molecule is NOCCN1CCC[C@@H](C(=O)O)C1. The van der Waals surface area contributed by atoms with Crippen molar-refractivity contribution in [2.75, 3.05) is 26.2 Å². The van der Waals surface area contributed by atoms with Gasteiger partial charge >= 0.3 is 5.97 Å². The smallest absolute Gasteiger partial charge is 0.307 e.